The Morgan fingerprint density at radius 1 is 0.804 bits per heavy atom. The summed E-state index contributed by atoms with van der Waals surface area (Å²) >= 11 is 3.86. The van der Waals surface area contributed by atoms with Crippen LogP contribution in [0.2, 0.25) is 0 Å². The van der Waals surface area contributed by atoms with Gasteiger partial charge in [-0.2, -0.15) is 13.1 Å². The fourth-order valence-corrected chi connectivity index (χ4v) is 9.53. The topological polar surface area (TPSA) is 114 Å². The fourth-order valence-electron chi connectivity index (χ4n) is 7.34. The number of para-hydroxylation sites is 1. The first kappa shape index (κ1) is 32.2. The second kappa shape index (κ2) is 12.1. The number of nitrogens with zero attached hydrogens (tertiary/aromatic N) is 2. The van der Waals surface area contributed by atoms with Gasteiger partial charge in [-0.3, -0.25) is 0 Å². The molecule has 4 atom stereocenters. The fraction of sp³-hybridized carbons (Fsp3) is 0.375. The molecule has 2 heterocycles. The highest BCUT2D eigenvalue weighted by molar-refractivity contribution is 9.09. The molecule has 10 nitrogen and oxygen atoms in total. The first-order chi connectivity index (χ1) is 21.9. The van der Waals surface area contributed by atoms with E-state index in [1.165, 1.54) is 30.2 Å². The van der Waals surface area contributed by atoms with Gasteiger partial charge in [-0.25, -0.2) is 18.4 Å². The molecule has 2 saturated heterocycles. The van der Waals surface area contributed by atoms with Crippen LogP contribution in [0.4, 0.5) is 18.4 Å². The minimum Gasteiger partial charge on any atom is -0.453 e. The Balaban J connectivity index is 0.000000185. The van der Waals surface area contributed by atoms with E-state index in [0.29, 0.717) is 12.0 Å². The average molecular weight is 721 g/mol. The van der Waals surface area contributed by atoms with Crippen molar-refractivity contribution in [2.45, 2.75) is 47.6 Å². The summed E-state index contributed by atoms with van der Waals surface area (Å²) in [6, 6.07) is 18.1. The van der Waals surface area contributed by atoms with Gasteiger partial charge in [0.1, 0.15) is 0 Å². The monoisotopic (exact) mass is 719 g/mol. The van der Waals surface area contributed by atoms with Gasteiger partial charge < -0.3 is 23.5 Å². The highest BCUT2D eigenvalue weighted by atomic mass is 79.9. The van der Waals surface area contributed by atoms with E-state index in [1.807, 2.05) is 17.0 Å². The number of halogens is 3. The molecule has 3 aromatic carbocycles. The number of rotatable bonds is 4. The Hall–Kier alpha value is -3.75. The van der Waals surface area contributed by atoms with E-state index in [-0.39, 0.29) is 29.4 Å². The normalized spacial score (nSPS) is 25.5. The van der Waals surface area contributed by atoms with Gasteiger partial charge in [-0.05, 0) is 60.1 Å². The minimum absolute atomic E-state index is 0.0716. The molecule has 0 spiro atoms. The van der Waals surface area contributed by atoms with Crippen LogP contribution < -0.4 is 8.91 Å². The van der Waals surface area contributed by atoms with Gasteiger partial charge in [-0.15, -0.1) is 0 Å². The van der Waals surface area contributed by atoms with Crippen LogP contribution in [0.5, 0.6) is 5.75 Å². The first-order valence-corrected chi connectivity index (χ1v) is 16.9. The van der Waals surface area contributed by atoms with E-state index in [1.54, 1.807) is 12.1 Å². The Bertz CT molecular complexity index is 1780. The average Bonchev–Trinajstić information content (AvgIpc) is 3.74. The highest BCUT2D eigenvalue weighted by Crippen LogP contribution is 2.52. The Morgan fingerprint density at radius 3 is 1.96 bits per heavy atom. The van der Waals surface area contributed by atoms with E-state index < -0.39 is 45.4 Å². The molecule has 14 heteroatoms. The SMILES string of the molecule is COC(=O)N1CC[C@@]2(Br)c3ccccc3C[C@@H]12.COC(=O)N1CC[C@@]2(NS(=O)(=O)Oc3c(F)cccc3F)c3ccccc3C[C@@H]12. The molecule has 3 aromatic rings. The van der Waals surface area contributed by atoms with Crippen molar-refractivity contribution in [2.75, 3.05) is 27.3 Å². The van der Waals surface area contributed by atoms with Crippen LogP contribution in [0.3, 0.4) is 0 Å². The molecule has 0 saturated carbocycles. The number of ether oxygens (including phenoxy) is 2. The lowest BCUT2D eigenvalue weighted by molar-refractivity contribution is 0.112. The molecule has 46 heavy (non-hydrogen) atoms. The zero-order chi connectivity index (χ0) is 32.9. The molecule has 0 unspecified atom stereocenters. The number of methoxy groups -OCH3 is 2. The summed E-state index contributed by atoms with van der Waals surface area (Å²) in [6.45, 7) is 1.01. The maximum Gasteiger partial charge on any atom is 0.409 e. The standard InChI is InChI=1S/C19H18F2N2O5S.C13H14BrNO2/c1-27-18(24)23-10-9-19(13-6-3-2-5-12(13)11-16(19)23)22-29(25,26)28-17-14(20)7-4-8-15(17)21;1-17-12(16)15-7-6-13(14)10-5-3-2-4-9(10)8-11(13)15/h2-8,16,22H,9-11H2,1H3;2-5,11H,6-8H2,1H3/t16-,19-;11-,13-/m11/s1. The molecule has 244 valence electrons. The quantitative estimate of drug-likeness (QED) is 0.372. The molecule has 2 aliphatic carbocycles. The van der Waals surface area contributed by atoms with Crippen LogP contribution in [0.1, 0.15) is 35.1 Å². The smallest absolute Gasteiger partial charge is 0.409 e. The lowest BCUT2D eigenvalue weighted by atomic mass is 9.89. The molecule has 0 radical (unpaired) electrons. The van der Waals surface area contributed by atoms with Gasteiger partial charge in [0.2, 0.25) is 5.75 Å². The van der Waals surface area contributed by atoms with Crippen molar-refractivity contribution in [3.8, 4) is 5.75 Å². The largest absolute Gasteiger partial charge is 0.453 e. The van der Waals surface area contributed by atoms with E-state index in [4.69, 9.17) is 13.7 Å². The van der Waals surface area contributed by atoms with E-state index in [0.717, 1.165) is 43.1 Å². The summed E-state index contributed by atoms with van der Waals surface area (Å²) in [7, 11) is -1.94. The van der Waals surface area contributed by atoms with Crippen molar-refractivity contribution in [1.82, 2.24) is 14.5 Å². The zero-order valence-electron chi connectivity index (χ0n) is 25.0. The number of nitrogens with one attached hydrogen (secondary N) is 1. The molecule has 0 aromatic heterocycles. The van der Waals surface area contributed by atoms with Crippen LogP contribution in [-0.4, -0.2) is 69.8 Å². The molecule has 2 aliphatic heterocycles. The van der Waals surface area contributed by atoms with Crippen LogP contribution in [0.25, 0.3) is 0 Å². The van der Waals surface area contributed by atoms with Gasteiger partial charge in [0, 0.05) is 13.1 Å². The number of hydrogen-bond donors (Lipinski definition) is 1. The summed E-state index contributed by atoms with van der Waals surface area (Å²) in [6.07, 6.45) is 1.72. The summed E-state index contributed by atoms with van der Waals surface area (Å²) in [5, 5.41) is 0. The summed E-state index contributed by atoms with van der Waals surface area (Å²) in [4.78, 5) is 27.2. The van der Waals surface area contributed by atoms with E-state index in [9.17, 15) is 26.8 Å². The third-order valence-corrected chi connectivity index (χ3v) is 11.7. The molecule has 1 N–H and O–H groups in total. The number of alkyl halides is 1. The Labute approximate surface area is 274 Å². The Morgan fingerprint density at radius 2 is 1.33 bits per heavy atom. The molecule has 7 rings (SSSR count). The van der Waals surface area contributed by atoms with Crippen molar-refractivity contribution in [2.24, 2.45) is 0 Å². The van der Waals surface area contributed by atoms with E-state index >= 15 is 0 Å². The predicted octanol–water partition coefficient (Wildman–Crippen LogP) is 5.14. The lowest BCUT2D eigenvalue weighted by Gasteiger charge is -2.32. The van der Waals surface area contributed by atoms with Crippen LogP contribution in [0, 0.1) is 11.6 Å². The van der Waals surface area contributed by atoms with Crippen molar-refractivity contribution >= 4 is 38.4 Å². The molecule has 0 bridgehead atoms. The number of carbonyl (C=O) groups is 2. The van der Waals surface area contributed by atoms with Gasteiger partial charge in [0.05, 0.1) is 36.2 Å². The molecular formula is C32H32BrF2N3O7S. The van der Waals surface area contributed by atoms with Crippen LogP contribution >= 0.6 is 15.9 Å². The third-order valence-electron chi connectivity index (χ3n) is 9.34. The number of fused-ring (bicyclic) bond motifs is 6. The third kappa shape index (κ3) is 5.39. The van der Waals surface area contributed by atoms with Gasteiger partial charge in [0.15, 0.2) is 11.6 Å². The van der Waals surface area contributed by atoms with Gasteiger partial charge in [0.25, 0.3) is 0 Å². The van der Waals surface area contributed by atoms with Crippen molar-refractivity contribution < 1.29 is 40.4 Å². The predicted molar refractivity (Wildman–Crippen MR) is 167 cm³/mol. The molecular weight excluding hydrogens is 688 g/mol. The van der Waals surface area contributed by atoms with Crippen LogP contribution in [-0.2, 0) is 42.5 Å². The second-order valence-corrected chi connectivity index (χ2v) is 14.3. The second-order valence-electron chi connectivity index (χ2n) is 11.6. The highest BCUT2D eigenvalue weighted by Gasteiger charge is 2.57. The minimum atomic E-state index is -4.63. The van der Waals surface area contributed by atoms with Gasteiger partial charge >= 0.3 is 22.5 Å². The summed E-state index contributed by atoms with van der Waals surface area (Å²) in [5.41, 5.74) is 3.04. The Kier molecular flexibility index (Phi) is 8.49. The summed E-state index contributed by atoms with van der Waals surface area (Å²) < 4.78 is 70.1. The number of hydrogen-bond acceptors (Lipinski definition) is 7. The number of likely N-dealkylation sites (tertiary alicyclic amines) is 2. The van der Waals surface area contributed by atoms with E-state index in [2.05, 4.69) is 44.9 Å². The van der Waals surface area contributed by atoms with Gasteiger partial charge in [-0.1, -0.05) is 70.5 Å². The molecule has 2 fully saturated rings. The number of carbonyl (C=O) groups excluding carboxylic acids is 2. The van der Waals surface area contributed by atoms with Crippen molar-refractivity contribution in [3.05, 3.63) is 101 Å². The summed E-state index contributed by atoms with van der Waals surface area (Å²) in [5.74, 6) is -3.29. The molecule has 2 amide bonds. The lowest BCUT2D eigenvalue weighted by Crippen LogP contribution is -2.53. The number of amides is 2. The maximum absolute atomic E-state index is 13.9. The van der Waals surface area contributed by atoms with Crippen LogP contribution in [0.15, 0.2) is 66.7 Å². The van der Waals surface area contributed by atoms with Crippen molar-refractivity contribution in [1.29, 1.82) is 0 Å². The number of benzene rings is 3. The maximum atomic E-state index is 13.9. The zero-order valence-corrected chi connectivity index (χ0v) is 27.4. The van der Waals surface area contributed by atoms with Crippen molar-refractivity contribution in [3.63, 3.8) is 0 Å². The first-order valence-electron chi connectivity index (χ1n) is 14.7. The molecule has 4 aliphatic rings.